The van der Waals surface area contributed by atoms with Crippen molar-refractivity contribution in [3.8, 4) is 203 Å². The number of pyridine rings is 6. The summed E-state index contributed by atoms with van der Waals surface area (Å²) in [6.45, 7) is 0. The molecule has 10 aromatic carbocycles. The van der Waals surface area contributed by atoms with Crippen LogP contribution in [0.1, 0.15) is 0 Å². The maximum atomic E-state index is 5.15. The van der Waals surface area contributed by atoms with Crippen molar-refractivity contribution in [1.82, 2.24) is 69.8 Å². The molecule has 120 heavy (non-hydrogen) atoms. The Morgan fingerprint density at radius 3 is 0.733 bits per heavy atom. The third kappa shape index (κ3) is 16.7. The Hall–Kier alpha value is -16.6. The van der Waals surface area contributed by atoms with Crippen LogP contribution in [0.3, 0.4) is 0 Å². The van der Waals surface area contributed by atoms with Gasteiger partial charge in [0, 0.05) is 91.5 Å². The lowest BCUT2D eigenvalue weighted by atomic mass is 9.99. The van der Waals surface area contributed by atoms with Crippen LogP contribution < -0.4 is 0 Å². The van der Waals surface area contributed by atoms with E-state index < -0.39 is 0 Å². The van der Waals surface area contributed by atoms with Gasteiger partial charge in [0.2, 0.25) is 0 Å². The zero-order valence-corrected chi connectivity index (χ0v) is 64.7. The van der Waals surface area contributed by atoms with Gasteiger partial charge < -0.3 is 0 Å². The van der Waals surface area contributed by atoms with Crippen LogP contribution in [0.25, 0.3) is 203 Å². The second kappa shape index (κ2) is 34.2. The number of benzene rings is 10. The van der Waals surface area contributed by atoms with E-state index in [2.05, 4.69) is 168 Å². The van der Waals surface area contributed by atoms with Gasteiger partial charge in [-0.2, -0.15) is 0 Å². The molecule has 20 aromatic rings. The van der Waals surface area contributed by atoms with Crippen LogP contribution in [0, 0.1) is 0 Å². The molecule has 0 radical (unpaired) electrons. The van der Waals surface area contributed by atoms with Crippen molar-refractivity contribution in [3.63, 3.8) is 0 Å². The summed E-state index contributed by atoms with van der Waals surface area (Å²) < 4.78 is 0. The normalized spacial score (nSPS) is 11.0. The second-order valence-corrected chi connectivity index (χ2v) is 28.5. The van der Waals surface area contributed by atoms with Crippen molar-refractivity contribution in [2.24, 2.45) is 0 Å². The highest BCUT2D eigenvalue weighted by Gasteiger charge is 2.21. The van der Waals surface area contributed by atoms with E-state index in [9.17, 15) is 0 Å². The molecule has 0 aliphatic heterocycles. The molecule has 0 fully saturated rings. The third-order valence-corrected chi connectivity index (χ3v) is 20.5. The summed E-state index contributed by atoms with van der Waals surface area (Å²) in [7, 11) is 0. The van der Waals surface area contributed by atoms with E-state index in [1.54, 1.807) is 12.4 Å². The maximum Gasteiger partial charge on any atom is 0.160 e. The molecule has 0 aliphatic rings. The Morgan fingerprint density at radius 1 is 0.108 bits per heavy atom. The van der Waals surface area contributed by atoms with Crippen LogP contribution in [0.4, 0.5) is 0 Å². The number of nitrogens with zero attached hydrogens (tertiary/aromatic N) is 14. The average molecular weight is 1540 g/mol. The molecule has 0 N–H and O–H groups in total. The van der Waals surface area contributed by atoms with Crippen LogP contribution >= 0.6 is 0 Å². The van der Waals surface area contributed by atoms with Gasteiger partial charge in [-0.15, -0.1) is 0 Å². The molecule has 0 saturated carbocycles. The van der Waals surface area contributed by atoms with Gasteiger partial charge in [0.05, 0.1) is 91.1 Å². The van der Waals surface area contributed by atoms with Gasteiger partial charge in [0.15, 0.2) is 23.3 Å². The van der Waals surface area contributed by atoms with E-state index in [1.807, 2.05) is 255 Å². The van der Waals surface area contributed by atoms with Crippen molar-refractivity contribution >= 4 is 0 Å². The standard InChI is InChI=1S/2C53H35N7/c1-5-16-36(17-6-1)45-34-46(37-18-7-2-8-19-37)59-53(58-45)42-25-15-24-40(30-42)43-32-50(44-26-13-14-28-54-44)56-51(33-43)49-31-41(27-29-55-49)48-35-47(38-20-9-3-10-21-38)57-52(60-48)39-22-11-4-12-23-39;1-5-15-37(16-6-1)46-33-47(38-17-7-2-8-18-38)59-53(58-46)41-26-24-36(25-27-41)43-31-50(44-23-13-14-30-54-44)56-51(32-43)45-29-28-42(35-55-45)49-34-48(39-19-9-3-10-20-39)57-52(60-49)40-21-11-4-12-22-40/h2*1-35H. The van der Waals surface area contributed by atoms with Gasteiger partial charge in [0.1, 0.15) is 0 Å². The first-order valence-electron chi connectivity index (χ1n) is 39.4. The first kappa shape index (κ1) is 73.6. The van der Waals surface area contributed by atoms with Gasteiger partial charge in [-0.3, -0.25) is 19.9 Å². The lowest BCUT2D eigenvalue weighted by Crippen LogP contribution is -1.98. The molecule has 0 unspecified atom stereocenters. The molecule has 10 heterocycles. The molecule has 10 aromatic heterocycles. The fraction of sp³-hybridized carbons (Fsp3) is 0. The Bertz CT molecular complexity index is 6340. The zero-order chi connectivity index (χ0) is 80.2. The highest BCUT2D eigenvalue weighted by Crippen LogP contribution is 2.39. The third-order valence-electron chi connectivity index (χ3n) is 20.5. The Kier molecular flexibility index (Phi) is 21.0. The predicted octanol–water partition coefficient (Wildman–Crippen LogP) is 24.9. The summed E-state index contributed by atoms with van der Waals surface area (Å²) in [5.41, 5.74) is 28.1. The molecule has 0 saturated heterocycles. The number of hydrogen-bond acceptors (Lipinski definition) is 14. The van der Waals surface area contributed by atoms with Crippen LogP contribution in [0.2, 0.25) is 0 Å². The van der Waals surface area contributed by atoms with E-state index in [-0.39, 0.29) is 0 Å². The van der Waals surface area contributed by atoms with Crippen LogP contribution in [-0.4, -0.2) is 69.8 Å². The monoisotopic (exact) mass is 1540 g/mol. The average Bonchev–Trinajstić information content (AvgIpc) is 0.801. The summed E-state index contributed by atoms with van der Waals surface area (Å²) >= 11 is 0. The van der Waals surface area contributed by atoms with Crippen molar-refractivity contribution < 1.29 is 0 Å². The van der Waals surface area contributed by atoms with Gasteiger partial charge in [0.25, 0.3) is 0 Å². The van der Waals surface area contributed by atoms with Crippen molar-refractivity contribution in [1.29, 1.82) is 0 Å². The van der Waals surface area contributed by atoms with E-state index in [1.165, 1.54) is 0 Å². The highest BCUT2D eigenvalue weighted by molar-refractivity contribution is 5.83. The fourth-order valence-corrected chi connectivity index (χ4v) is 14.3. The van der Waals surface area contributed by atoms with E-state index in [0.29, 0.717) is 34.7 Å². The molecule has 0 atom stereocenters. The SMILES string of the molecule is c1ccc(-c2cc(-c3ccccc3)nc(-c3ccc(-c4cc(-c5ccccn5)nc(-c5ccc(-c6cc(-c7ccccc7)nc(-c7ccccc7)n6)cn5)c4)cc3)n2)cc1.c1ccc(-c2cc(-c3ccnc(-c4cc(-c5cccc(-c6nc(-c7ccccc7)cc(-c7ccccc7)n6)c5)cc(-c5ccccn5)n4)c3)nc(-c3ccccc3)n2)cc1. The van der Waals surface area contributed by atoms with Crippen LogP contribution in [0.15, 0.2) is 425 Å². The quantitative estimate of drug-likeness (QED) is 0.0791. The summed E-state index contributed by atoms with van der Waals surface area (Å²) in [5, 5.41) is 0. The molecular formula is C106H70N14. The Labute approximate surface area is 694 Å². The van der Waals surface area contributed by atoms with Crippen LogP contribution in [-0.2, 0) is 0 Å². The Balaban J connectivity index is 0.000000159. The molecule has 14 heteroatoms. The van der Waals surface area contributed by atoms with E-state index >= 15 is 0 Å². The molecule has 14 nitrogen and oxygen atoms in total. The van der Waals surface area contributed by atoms with E-state index in [0.717, 1.165) is 169 Å². The number of hydrogen-bond donors (Lipinski definition) is 0. The fourth-order valence-electron chi connectivity index (χ4n) is 14.3. The predicted molar refractivity (Wildman–Crippen MR) is 480 cm³/mol. The first-order valence-corrected chi connectivity index (χ1v) is 39.4. The number of rotatable bonds is 18. The minimum absolute atomic E-state index is 0.639. The molecule has 20 rings (SSSR count). The van der Waals surface area contributed by atoms with Gasteiger partial charge in [-0.25, -0.2) is 49.8 Å². The van der Waals surface area contributed by atoms with E-state index in [4.69, 9.17) is 59.8 Å². The topological polar surface area (TPSA) is 180 Å². The molecule has 0 spiro atoms. The summed E-state index contributed by atoms with van der Waals surface area (Å²) in [6, 6.07) is 134. The molecule has 0 amide bonds. The summed E-state index contributed by atoms with van der Waals surface area (Å²) in [4.78, 5) is 69.6. The largest absolute Gasteiger partial charge is 0.255 e. The van der Waals surface area contributed by atoms with Gasteiger partial charge >= 0.3 is 0 Å². The molecular weight excluding hydrogens is 1470 g/mol. The molecule has 0 bridgehead atoms. The Morgan fingerprint density at radius 2 is 0.375 bits per heavy atom. The first-order chi connectivity index (χ1) is 59.4. The lowest BCUT2D eigenvalue weighted by molar-refractivity contribution is 1.17. The minimum atomic E-state index is 0.639. The summed E-state index contributed by atoms with van der Waals surface area (Å²) in [5.74, 6) is 2.60. The van der Waals surface area contributed by atoms with Crippen LogP contribution in [0.5, 0.6) is 0 Å². The summed E-state index contributed by atoms with van der Waals surface area (Å²) in [6.07, 6.45) is 7.24. The van der Waals surface area contributed by atoms with Crippen molar-refractivity contribution in [2.45, 2.75) is 0 Å². The van der Waals surface area contributed by atoms with Gasteiger partial charge in [-0.1, -0.05) is 297 Å². The highest BCUT2D eigenvalue weighted by atomic mass is 14.9. The van der Waals surface area contributed by atoms with Gasteiger partial charge in [-0.05, 0) is 125 Å². The van der Waals surface area contributed by atoms with Crippen molar-refractivity contribution in [2.75, 3.05) is 0 Å². The zero-order valence-electron chi connectivity index (χ0n) is 64.7. The molecule has 0 aliphatic carbocycles. The smallest absolute Gasteiger partial charge is 0.160 e. The lowest BCUT2D eigenvalue weighted by Gasteiger charge is -2.13. The van der Waals surface area contributed by atoms with Crippen molar-refractivity contribution in [3.05, 3.63) is 425 Å². The number of aromatic nitrogens is 14. The minimum Gasteiger partial charge on any atom is -0.255 e. The molecule has 564 valence electrons. The second-order valence-electron chi connectivity index (χ2n) is 28.5. The maximum absolute atomic E-state index is 5.15.